The molecule has 0 fully saturated rings. The van der Waals surface area contributed by atoms with E-state index in [2.05, 4.69) is 0 Å². The smallest absolute Gasteiger partial charge is 0.422 e. The molecule has 1 unspecified atom stereocenters. The molecule has 1 atom stereocenters. The van der Waals surface area contributed by atoms with Gasteiger partial charge in [-0.1, -0.05) is 6.92 Å². The van der Waals surface area contributed by atoms with Gasteiger partial charge in [-0.3, -0.25) is 0 Å². The van der Waals surface area contributed by atoms with Gasteiger partial charge in [0, 0.05) is 5.69 Å². The van der Waals surface area contributed by atoms with Crippen molar-refractivity contribution in [3.05, 3.63) is 24.3 Å². The maximum Gasteiger partial charge on any atom is 0.422 e. The molecule has 0 amide bonds. The Morgan fingerprint density at radius 3 is 2.05 bits per heavy atom. The first-order chi connectivity index (χ1) is 9.44. The Bertz CT molecular complexity index is 625. The van der Waals surface area contributed by atoms with Crippen LogP contribution in [0.3, 0.4) is 0 Å². The van der Waals surface area contributed by atoms with Crippen LogP contribution in [0.5, 0.6) is 0 Å². The molecule has 1 aromatic rings. The summed E-state index contributed by atoms with van der Waals surface area (Å²) >= 11 is 0. The highest BCUT2D eigenvalue weighted by molar-refractivity contribution is 7.91. The standard InChI is InChI=1S/C12H14F3NO4S/c1-3-21(19,20)9-6-4-8(5-7-9)16-11(2,10(17)18)12(13,14)15/h4-7,16H,3H2,1-2H3,(H,17,18). The molecule has 0 bridgehead atoms. The molecule has 5 nitrogen and oxygen atoms in total. The molecular weight excluding hydrogens is 311 g/mol. The molecule has 0 aliphatic carbocycles. The summed E-state index contributed by atoms with van der Waals surface area (Å²) in [6.07, 6.45) is -5.02. The van der Waals surface area contributed by atoms with Gasteiger partial charge < -0.3 is 10.4 Å². The number of nitrogens with one attached hydrogen (secondary N) is 1. The van der Waals surface area contributed by atoms with Crippen LogP contribution in [0.15, 0.2) is 29.2 Å². The van der Waals surface area contributed by atoms with Crippen molar-refractivity contribution in [1.29, 1.82) is 0 Å². The van der Waals surface area contributed by atoms with Crippen LogP contribution < -0.4 is 5.32 Å². The van der Waals surface area contributed by atoms with E-state index in [1.807, 2.05) is 5.32 Å². The summed E-state index contributed by atoms with van der Waals surface area (Å²) in [5, 5.41) is 10.6. The van der Waals surface area contributed by atoms with E-state index >= 15 is 0 Å². The van der Waals surface area contributed by atoms with E-state index in [0.717, 1.165) is 24.3 Å². The van der Waals surface area contributed by atoms with Crippen LogP contribution in [-0.2, 0) is 14.6 Å². The molecule has 0 aliphatic heterocycles. The third-order valence-corrected chi connectivity index (χ3v) is 4.73. The molecule has 0 heterocycles. The lowest BCUT2D eigenvalue weighted by atomic mass is 10.0. The zero-order chi connectivity index (χ0) is 16.5. The molecule has 0 spiro atoms. The second kappa shape index (κ2) is 5.55. The van der Waals surface area contributed by atoms with Crippen LogP contribution >= 0.6 is 0 Å². The minimum absolute atomic E-state index is 0.0420. The third kappa shape index (κ3) is 3.46. The average Bonchev–Trinajstić information content (AvgIpc) is 2.37. The first-order valence-corrected chi connectivity index (χ1v) is 7.50. The third-order valence-electron chi connectivity index (χ3n) is 2.98. The summed E-state index contributed by atoms with van der Waals surface area (Å²) in [6, 6.07) is 4.44. The summed E-state index contributed by atoms with van der Waals surface area (Å²) in [5.41, 5.74) is -3.31. The molecular formula is C12H14F3NO4S. The summed E-state index contributed by atoms with van der Waals surface area (Å²) in [6.45, 7) is 1.93. The Hall–Kier alpha value is -1.77. The van der Waals surface area contributed by atoms with E-state index in [1.54, 1.807) is 0 Å². The van der Waals surface area contributed by atoms with Gasteiger partial charge >= 0.3 is 12.1 Å². The summed E-state index contributed by atoms with van der Waals surface area (Å²) in [5.74, 6) is -2.23. The molecule has 1 rings (SSSR count). The minimum atomic E-state index is -5.02. The fourth-order valence-corrected chi connectivity index (χ4v) is 2.33. The number of carbonyl (C=O) groups is 1. The second-order valence-corrected chi connectivity index (χ2v) is 6.76. The number of rotatable bonds is 5. The number of aliphatic carboxylic acids is 1. The van der Waals surface area contributed by atoms with Crippen molar-refractivity contribution in [3.8, 4) is 0 Å². The Kier molecular flexibility index (Phi) is 4.57. The van der Waals surface area contributed by atoms with Crippen LogP contribution in [0.4, 0.5) is 18.9 Å². The van der Waals surface area contributed by atoms with Gasteiger partial charge in [-0.2, -0.15) is 13.2 Å². The molecule has 0 saturated heterocycles. The fourth-order valence-electron chi connectivity index (χ4n) is 1.45. The number of hydrogen-bond donors (Lipinski definition) is 2. The lowest BCUT2D eigenvalue weighted by Gasteiger charge is -2.29. The van der Waals surface area contributed by atoms with E-state index in [1.165, 1.54) is 6.92 Å². The normalized spacial score (nSPS) is 15.3. The number of carboxylic acids is 1. The maximum atomic E-state index is 12.8. The largest absolute Gasteiger partial charge is 0.479 e. The second-order valence-electron chi connectivity index (χ2n) is 4.48. The van der Waals surface area contributed by atoms with Gasteiger partial charge in [0.1, 0.15) is 0 Å². The number of halogens is 3. The van der Waals surface area contributed by atoms with Gasteiger partial charge in [-0.25, -0.2) is 13.2 Å². The van der Waals surface area contributed by atoms with Crippen LogP contribution in [0.25, 0.3) is 0 Å². The molecule has 2 N–H and O–H groups in total. The molecule has 21 heavy (non-hydrogen) atoms. The quantitative estimate of drug-likeness (QED) is 0.868. The van der Waals surface area contributed by atoms with Crippen LogP contribution in [0.1, 0.15) is 13.8 Å². The minimum Gasteiger partial charge on any atom is -0.479 e. The van der Waals surface area contributed by atoms with Crippen molar-refractivity contribution in [3.63, 3.8) is 0 Å². The average molecular weight is 325 g/mol. The topological polar surface area (TPSA) is 83.5 Å². The Morgan fingerprint density at radius 1 is 1.24 bits per heavy atom. The lowest BCUT2D eigenvalue weighted by molar-refractivity contribution is -0.192. The first-order valence-electron chi connectivity index (χ1n) is 5.85. The summed E-state index contributed by atoms with van der Waals surface area (Å²) in [7, 11) is -3.47. The zero-order valence-electron chi connectivity index (χ0n) is 11.2. The SMILES string of the molecule is CCS(=O)(=O)c1ccc(NC(C)(C(=O)O)C(F)(F)F)cc1. The van der Waals surface area contributed by atoms with Crippen molar-refractivity contribution in [2.24, 2.45) is 0 Å². The van der Waals surface area contributed by atoms with E-state index in [4.69, 9.17) is 5.11 Å². The van der Waals surface area contributed by atoms with Crippen LogP contribution in [0, 0.1) is 0 Å². The molecule has 1 aromatic carbocycles. The van der Waals surface area contributed by atoms with E-state index < -0.39 is 27.5 Å². The summed E-state index contributed by atoms with van der Waals surface area (Å²) < 4.78 is 61.6. The molecule has 0 saturated carbocycles. The van der Waals surface area contributed by atoms with Crippen molar-refractivity contribution in [2.45, 2.75) is 30.5 Å². The predicted molar refractivity (Wildman–Crippen MR) is 69.9 cm³/mol. The van der Waals surface area contributed by atoms with Gasteiger partial charge in [-0.15, -0.1) is 0 Å². The number of anilines is 1. The first kappa shape index (κ1) is 17.3. The molecule has 0 aromatic heterocycles. The van der Waals surface area contributed by atoms with Crippen LogP contribution in [0.2, 0.25) is 0 Å². The van der Waals surface area contributed by atoms with Gasteiger partial charge in [0.05, 0.1) is 10.6 Å². The summed E-state index contributed by atoms with van der Waals surface area (Å²) in [4.78, 5) is 10.8. The zero-order valence-corrected chi connectivity index (χ0v) is 12.0. The lowest BCUT2D eigenvalue weighted by Crippen LogP contribution is -2.55. The van der Waals surface area contributed by atoms with E-state index in [9.17, 15) is 26.4 Å². The number of carboxylic acid groups (broad SMARTS) is 1. The fraction of sp³-hybridized carbons (Fsp3) is 0.417. The molecule has 9 heteroatoms. The van der Waals surface area contributed by atoms with E-state index in [-0.39, 0.29) is 16.3 Å². The van der Waals surface area contributed by atoms with E-state index in [0.29, 0.717) is 6.92 Å². The van der Waals surface area contributed by atoms with Crippen molar-refractivity contribution < 1.29 is 31.5 Å². The number of alkyl halides is 3. The molecule has 118 valence electrons. The van der Waals surface area contributed by atoms with Gasteiger partial charge in [0.25, 0.3) is 0 Å². The molecule has 0 aliphatic rings. The number of hydrogen-bond acceptors (Lipinski definition) is 4. The Morgan fingerprint density at radius 2 is 1.71 bits per heavy atom. The van der Waals surface area contributed by atoms with Gasteiger partial charge in [0.2, 0.25) is 5.54 Å². The number of sulfone groups is 1. The molecule has 0 radical (unpaired) electrons. The highest BCUT2D eigenvalue weighted by atomic mass is 32.2. The monoisotopic (exact) mass is 325 g/mol. The van der Waals surface area contributed by atoms with Crippen LogP contribution in [-0.4, -0.2) is 37.0 Å². The van der Waals surface area contributed by atoms with Crippen molar-refractivity contribution in [1.82, 2.24) is 0 Å². The van der Waals surface area contributed by atoms with Crippen molar-refractivity contribution >= 4 is 21.5 Å². The predicted octanol–water partition coefficient (Wildman–Crippen LogP) is 2.30. The highest BCUT2D eigenvalue weighted by Gasteiger charge is 2.57. The Balaban J connectivity index is 3.12. The number of benzene rings is 1. The van der Waals surface area contributed by atoms with Gasteiger partial charge in [0.15, 0.2) is 9.84 Å². The highest BCUT2D eigenvalue weighted by Crippen LogP contribution is 2.33. The Labute approximate surface area is 119 Å². The maximum absolute atomic E-state index is 12.8. The van der Waals surface area contributed by atoms with Crippen molar-refractivity contribution in [2.75, 3.05) is 11.1 Å². The van der Waals surface area contributed by atoms with Gasteiger partial charge in [-0.05, 0) is 31.2 Å².